The maximum absolute atomic E-state index is 12.0. The van der Waals surface area contributed by atoms with E-state index in [0.717, 1.165) is 4.88 Å². The van der Waals surface area contributed by atoms with Crippen molar-refractivity contribution < 1.29 is 8.42 Å². The molecule has 5 nitrogen and oxygen atoms in total. The Morgan fingerprint density at radius 2 is 2.10 bits per heavy atom. The molecule has 0 aliphatic carbocycles. The maximum atomic E-state index is 12.0. The van der Waals surface area contributed by atoms with Crippen molar-refractivity contribution in [3.05, 3.63) is 40.6 Å². The molecule has 0 radical (unpaired) electrons. The second-order valence-corrected chi connectivity index (χ2v) is 6.98. The number of sulfonamides is 1. The first-order chi connectivity index (χ1) is 9.53. The molecular weight excluding hydrogens is 294 g/mol. The van der Waals surface area contributed by atoms with Gasteiger partial charge >= 0.3 is 0 Å². The normalized spacial score (nSPS) is 11.4. The molecule has 0 spiro atoms. The van der Waals surface area contributed by atoms with Gasteiger partial charge in [-0.25, -0.2) is 13.1 Å². The van der Waals surface area contributed by atoms with Gasteiger partial charge in [0.1, 0.15) is 0 Å². The molecule has 2 aromatic rings. The average Bonchev–Trinajstić information content (AvgIpc) is 2.90. The molecule has 0 amide bonds. The molecular formula is C13H17N3O2S2. The molecule has 0 atom stereocenters. The predicted octanol–water partition coefficient (Wildman–Crippen LogP) is 2.24. The monoisotopic (exact) mass is 311 g/mol. The second-order valence-electron chi connectivity index (χ2n) is 4.18. The molecule has 0 unspecified atom stereocenters. The predicted molar refractivity (Wildman–Crippen MR) is 83.4 cm³/mol. The highest BCUT2D eigenvalue weighted by molar-refractivity contribution is 7.89. The van der Waals surface area contributed by atoms with Crippen molar-refractivity contribution in [2.45, 2.75) is 18.4 Å². The van der Waals surface area contributed by atoms with Crippen LogP contribution in [0.1, 0.15) is 11.8 Å². The van der Waals surface area contributed by atoms with Crippen molar-refractivity contribution in [1.29, 1.82) is 0 Å². The van der Waals surface area contributed by atoms with Crippen LogP contribution in [0.15, 0.2) is 40.6 Å². The van der Waals surface area contributed by atoms with Crippen molar-refractivity contribution in [2.75, 3.05) is 17.6 Å². The van der Waals surface area contributed by atoms with Crippen LogP contribution in [0, 0.1) is 0 Å². The third-order valence-corrected chi connectivity index (χ3v) is 5.12. The van der Waals surface area contributed by atoms with Gasteiger partial charge in [-0.15, -0.1) is 11.3 Å². The molecule has 2 rings (SSSR count). The molecule has 108 valence electrons. The van der Waals surface area contributed by atoms with Crippen LogP contribution in [0.3, 0.4) is 0 Å². The van der Waals surface area contributed by atoms with Crippen LogP contribution < -0.4 is 15.8 Å². The fourth-order valence-electron chi connectivity index (χ4n) is 1.72. The number of rotatable bonds is 6. The van der Waals surface area contributed by atoms with Crippen LogP contribution in [0.4, 0.5) is 11.4 Å². The number of nitrogens with two attached hydrogens (primary N) is 1. The topological polar surface area (TPSA) is 84.2 Å². The van der Waals surface area contributed by atoms with E-state index in [0.29, 0.717) is 24.5 Å². The first-order valence-electron chi connectivity index (χ1n) is 6.18. The Hall–Kier alpha value is -1.57. The molecule has 0 saturated carbocycles. The number of hydrogen-bond acceptors (Lipinski definition) is 5. The minimum absolute atomic E-state index is 0.210. The highest BCUT2D eigenvalue weighted by Crippen LogP contribution is 2.24. The number of anilines is 2. The molecule has 0 bridgehead atoms. The molecule has 0 fully saturated rings. The highest BCUT2D eigenvalue weighted by Gasteiger charge is 2.14. The number of nitrogen functional groups attached to an aromatic ring is 1. The molecule has 1 aromatic carbocycles. The van der Waals surface area contributed by atoms with Crippen molar-refractivity contribution in [3.63, 3.8) is 0 Å². The number of nitrogens with one attached hydrogen (secondary N) is 2. The Morgan fingerprint density at radius 1 is 1.30 bits per heavy atom. The van der Waals surface area contributed by atoms with Gasteiger partial charge in [0.2, 0.25) is 10.0 Å². The zero-order valence-corrected chi connectivity index (χ0v) is 12.7. The molecule has 20 heavy (non-hydrogen) atoms. The first-order valence-corrected chi connectivity index (χ1v) is 8.54. The smallest absolute Gasteiger partial charge is 0.240 e. The zero-order chi connectivity index (χ0) is 14.6. The average molecular weight is 311 g/mol. The minimum atomic E-state index is -3.46. The van der Waals surface area contributed by atoms with E-state index < -0.39 is 10.0 Å². The Labute approximate surface area is 122 Å². The third kappa shape index (κ3) is 3.50. The van der Waals surface area contributed by atoms with E-state index in [9.17, 15) is 8.42 Å². The molecule has 1 heterocycles. The Kier molecular flexibility index (Phi) is 4.64. The Balaban J connectivity index is 2.20. The van der Waals surface area contributed by atoms with Crippen molar-refractivity contribution in [3.8, 4) is 0 Å². The summed E-state index contributed by atoms with van der Waals surface area (Å²) in [5.74, 6) is 0. The molecule has 4 N–H and O–H groups in total. The van der Waals surface area contributed by atoms with E-state index in [1.807, 2.05) is 17.5 Å². The fraction of sp³-hybridized carbons (Fsp3) is 0.231. The summed E-state index contributed by atoms with van der Waals surface area (Å²) in [4.78, 5) is 1.37. The van der Waals surface area contributed by atoms with Gasteiger partial charge in [0, 0.05) is 18.0 Å². The lowest BCUT2D eigenvalue weighted by atomic mass is 10.2. The molecule has 0 aliphatic rings. The number of benzene rings is 1. The minimum Gasteiger partial charge on any atom is -0.397 e. The summed E-state index contributed by atoms with van der Waals surface area (Å²) < 4.78 is 26.4. The summed E-state index contributed by atoms with van der Waals surface area (Å²) in [5, 5.41) is 5.16. The van der Waals surface area contributed by atoms with Gasteiger partial charge in [-0.3, -0.25) is 0 Å². The number of hydrogen-bond donors (Lipinski definition) is 3. The van der Waals surface area contributed by atoms with Crippen LogP contribution in [0.25, 0.3) is 0 Å². The van der Waals surface area contributed by atoms with Crippen LogP contribution in [0.5, 0.6) is 0 Å². The third-order valence-electron chi connectivity index (χ3n) is 2.70. The SMILES string of the molecule is CCNS(=O)(=O)c1ccc(N)c(NCc2cccs2)c1. The lowest BCUT2D eigenvalue weighted by Gasteiger charge is -2.11. The summed E-state index contributed by atoms with van der Waals surface area (Å²) in [7, 11) is -3.46. The maximum Gasteiger partial charge on any atom is 0.240 e. The van der Waals surface area contributed by atoms with E-state index in [4.69, 9.17) is 5.73 Å². The number of thiophene rings is 1. The van der Waals surface area contributed by atoms with E-state index in [1.54, 1.807) is 30.4 Å². The highest BCUT2D eigenvalue weighted by atomic mass is 32.2. The van der Waals surface area contributed by atoms with Gasteiger partial charge in [-0.2, -0.15) is 0 Å². The van der Waals surface area contributed by atoms with E-state index in [2.05, 4.69) is 10.0 Å². The van der Waals surface area contributed by atoms with Crippen LogP contribution in [0.2, 0.25) is 0 Å². The second kappa shape index (κ2) is 6.25. The summed E-state index contributed by atoms with van der Waals surface area (Å²) in [6.07, 6.45) is 0. The first kappa shape index (κ1) is 14.8. The molecule has 1 aromatic heterocycles. The summed E-state index contributed by atoms with van der Waals surface area (Å²) in [6.45, 7) is 2.71. The quantitative estimate of drug-likeness (QED) is 0.714. The summed E-state index contributed by atoms with van der Waals surface area (Å²) in [6, 6.07) is 8.63. The van der Waals surface area contributed by atoms with Gasteiger partial charge in [-0.1, -0.05) is 13.0 Å². The summed E-state index contributed by atoms with van der Waals surface area (Å²) in [5.41, 5.74) is 7.02. The largest absolute Gasteiger partial charge is 0.397 e. The van der Waals surface area contributed by atoms with Crippen LogP contribution >= 0.6 is 11.3 Å². The molecule has 0 saturated heterocycles. The van der Waals surface area contributed by atoms with Crippen LogP contribution in [-0.4, -0.2) is 15.0 Å². The molecule has 7 heteroatoms. The van der Waals surface area contributed by atoms with E-state index in [-0.39, 0.29) is 4.90 Å². The summed E-state index contributed by atoms with van der Waals surface area (Å²) >= 11 is 1.63. The molecule has 0 aliphatic heterocycles. The fourth-order valence-corrected chi connectivity index (χ4v) is 3.44. The van der Waals surface area contributed by atoms with Gasteiger partial charge < -0.3 is 11.1 Å². The van der Waals surface area contributed by atoms with Crippen LogP contribution in [-0.2, 0) is 16.6 Å². The van der Waals surface area contributed by atoms with Gasteiger partial charge in [0.05, 0.1) is 16.3 Å². The van der Waals surface area contributed by atoms with Crippen molar-refractivity contribution in [1.82, 2.24) is 4.72 Å². The van der Waals surface area contributed by atoms with Gasteiger partial charge in [0.15, 0.2) is 0 Å². The van der Waals surface area contributed by atoms with Gasteiger partial charge in [0.25, 0.3) is 0 Å². The zero-order valence-electron chi connectivity index (χ0n) is 11.1. The Bertz CT molecular complexity index is 667. The van der Waals surface area contributed by atoms with E-state index in [1.165, 1.54) is 6.07 Å². The van der Waals surface area contributed by atoms with Gasteiger partial charge in [-0.05, 0) is 29.6 Å². The Morgan fingerprint density at radius 3 is 2.75 bits per heavy atom. The standard InChI is InChI=1S/C13H17N3O2S2/c1-2-16-20(17,18)11-5-6-12(14)13(8-11)15-9-10-4-3-7-19-10/h3-8,15-16H,2,9,14H2,1H3. The van der Waals surface area contributed by atoms with Crippen molar-refractivity contribution >= 4 is 32.7 Å². The lowest BCUT2D eigenvalue weighted by molar-refractivity contribution is 0.584. The van der Waals surface area contributed by atoms with E-state index >= 15 is 0 Å². The lowest BCUT2D eigenvalue weighted by Crippen LogP contribution is -2.23. The van der Waals surface area contributed by atoms with Crippen molar-refractivity contribution in [2.24, 2.45) is 0 Å².